The van der Waals surface area contributed by atoms with Crippen molar-refractivity contribution in [1.29, 1.82) is 0 Å². The van der Waals surface area contributed by atoms with Crippen LogP contribution in [0.2, 0.25) is 0 Å². The molecule has 0 aliphatic carbocycles. The fourth-order valence-electron chi connectivity index (χ4n) is 1.14. The van der Waals surface area contributed by atoms with E-state index in [-0.39, 0.29) is 5.69 Å². The number of anilines is 1. The average Bonchev–Trinajstić information content (AvgIpc) is 2.30. The second kappa shape index (κ2) is 5.81. The molecule has 7 heteroatoms. The third-order valence-corrected chi connectivity index (χ3v) is 2.92. The molecule has 1 rings (SSSR count). The van der Waals surface area contributed by atoms with Gasteiger partial charge in [-0.2, -0.15) is 0 Å². The highest BCUT2D eigenvalue weighted by Gasteiger charge is 2.22. The fourth-order valence-corrected chi connectivity index (χ4v) is 1.47. The predicted molar refractivity (Wildman–Crippen MR) is 68.0 cm³/mol. The van der Waals surface area contributed by atoms with Crippen LogP contribution >= 0.6 is 15.9 Å². The Balaban J connectivity index is 2.78. The van der Waals surface area contributed by atoms with E-state index in [4.69, 9.17) is 5.11 Å². The molecule has 0 spiro atoms. The van der Waals surface area contributed by atoms with Crippen molar-refractivity contribution in [3.05, 3.63) is 28.5 Å². The number of rotatable bonds is 3. The van der Waals surface area contributed by atoms with Crippen molar-refractivity contribution in [2.75, 3.05) is 12.4 Å². The molecule has 1 aromatic carbocycles. The first-order valence-electron chi connectivity index (χ1n) is 5.04. The van der Waals surface area contributed by atoms with Crippen LogP contribution < -0.4 is 5.32 Å². The van der Waals surface area contributed by atoms with Gasteiger partial charge in [-0.25, -0.2) is 14.0 Å². The smallest absolute Gasteiger partial charge is 0.326 e. The number of halogens is 2. The zero-order chi connectivity index (χ0) is 13.9. The third kappa shape index (κ3) is 3.43. The number of carbonyl (C=O) groups excluding carboxylic acids is 1. The van der Waals surface area contributed by atoms with Crippen molar-refractivity contribution in [3.8, 4) is 0 Å². The lowest BCUT2D eigenvalue weighted by molar-refractivity contribution is -0.141. The maximum atomic E-state index is 13.5. The Hall–Kier alpha value is -1.63. The molecule has 0 saturated heterocycles. The van der Waals surface area contributed by atoms with Gasteiger partial charge in [0.2, 0.25) is 0 Å². The van der Waals surface area contributed by atoms with Gasteiger partial charge >= 0.3 is 12.0 Å². The average molecular weight is 319 g/mol. The van der Waals surface area contributed by atoms with Gasteiger partial charge in [-0.1, -0.05) is 15.9 Å². The molecule has 0 heterocycles. The van der Waals surface area contributed by atoms with Gasteiger partial charge in [0.15, 0.2) is 0 Å². The standard InChI is InChI=1S/C11H12BrFN2O3/c1-6(10(16)17)15(2)11(18)14-9-4-3-7(12)5-8(9)13/h3-6H,1-2H3,(H,14,18)(H,16,17). The van der Waals surface area contributed by atoms with E-state index in [1.807, 2.05) is 0 Å². The number of urea groups is 1. The summed E-state index contributed by atoms with van der Waals surface area (Å²) in [6.07, 6.45) is 0. The Kier molecular flexibility index (Phi) is 4.66. The number of hydrogen-bond donors (Lipinski definition) is 2. The highest BCUT2D eigenvalue weighted by molar-refractivity contribution is 9.10. The van der Waals surface area contributed by atoms with Crippen LogP contribution in [0.25, 0.3) is 0 Å². The van der Waals surface area contributed by atoms with Crippen LogP contribution in [0.5, 0.6) is 0 Å². The predicted octanol–water partition coefficient (Wildman–Crippen LogP) is 2.53. The SMILES string of the molecule is CC(C(=O)O)N(C)C(=O)Nc1ccc(Br)cc1F. The van der Waals surface area contributed by atoms with Gasteiger partial charge in [0, 0.05) is 11.5 Å². The van der Waals surface area contributed by atoms with Crippen molar-refractivity contribution in [2.45, 2.75) is 13.0 Å². The molecule has 0 aromatic heterocycles. The molecule has 1 aromatic rings. The molecule has 5 nitrogen and oxygen atoms in total. The van der Waals surface area contributed by atoms with Crippen LogP contribution in [-0.2, 0) is 4.79 Å². The lowest BCUT2D eigenvalue weighted by Gasteiger charge is -2.21. The molecule has 18 heavy (non-hydrogen) atoms. The lowest BCUT2D eigenvalue weighted by atomic mass is 10.3. The van der Waals surface area contributed by atoms with Gasteiger partial charge in [-0.15, -0.1) is 0 Å². The van der Waals surface area contributed by atoms with E-state index in [2.05, 4.69) is 21.2 Å². The number of carbonyl (C=O) groups is 2. The molecular weight excluding hydrogens is 307 g/mol. The first kappa shape index (κ1) is 14.4. The number of amides is 2. The van der Waals surface area contributed by atoms with E-state index in [1.54, 1.807) is 6.07 Å². The number of carboxylic acid groups (broad SMARTS) is 1. The second-order valence-electron chi connectivity index (χ2n) is 3.68. The summed E-state index contributed by atoms with van der Waals surface area (Å²) >= 11 is 3.09. The normalized spacial score (nSPS) is 11.8. The third-order valence-electron chi connectivity index (χ3n) is 2.43. The topological polar surface area (TPSA) is 69.6 Å². The molecule has 0 radical (unpaired) electrons. The Bertz CT molecular complexity index is 481. The van der Waals surface area contributed by atoms with Crippen LogP contribution in [0.15, 0.2) is 22.7 Å². The van der Waals surface area contributed by atoms with Crippen molar-refractivity contribution in [2.24, 2.45) is 0 Å². The summed E-state index contributed by atoms with van der Waals surface area (Å²) in [6.45, 7) is 1.36. The number of carboxylic acids is 1. The van der Waals surface area contributed by atoms with Crippen LogP contribution in [0.4, 0.5) is 14.9 Å². The largest absolute Gasteiger partial charge is 0.480 e. The Morgan fingerprint density at radius 1 is 1.50 bits per heavy atom. The summed E-state index contributed by atoms with van der Waals surface area (Å²) in [5, 5.41) is 11.1. The van der Waals surface area contributed by atoms with Crippen molar-refractivity contribution >= 4 is 33.6 Å². The molecule has 2 amide bonds. The number of nitrogens with one attached hydrogen (secondary N) is 1. The molecule has 0 saturated carbocycles. The molecule has 0 aliphatic rings. The second-order valence-corrected chi connectivity index (χ2v) is 4.60. The maximum Gasteiger partial charge on any atom is 0.326 e. The molecular formula is C11H12BrFN2O3. The summed E-state index contributed by atoms with van der Waals surface area (Å²) in [5.74, 6) is -1.74. The zero-order valence-corrected chi connectivity index (χ0v) is 11.4. The van der Waals surface area contributed by atoms with Crippen LogP contribution in [0.1, 0.15) is 6.92 Å². The van der Waals surface area contributed by atoms with Gasteiger partial charge in [-0.3, -0.25) is 0 Å². The summed E-state index contributed by atoms with van der Waals surface area (Å²) < 4.78 is 14.0. The lowest BCUT2D eigenvalue weighted by Crippen LogP contribution is -2.42. The summed E-state index contributed by atoms with van der Waals surface area (Å²) in [7, 11) is 1.32. The Morgan fingerprint density at radius 3 is 2.61 bits per heavy atom. The van der Waals surface area contributed by atoms with E-state index in [0.29, 0.717) is 4.47 Å². The number of benzene rings is 1. The monoisotopic (exact) mass is 318 g/mol. The molecule has 0 bridgehead atoms. The fraction of sp³-hybridized carbons (Fsp3) is 0.273. The number of nitrogens with zero attached hydrogens (tertiary/aromatic N) is 1. The quantitative estimate of drug-likeness (QED) is 0.899. The van der Waals surface area contributed by atoms with Gasteiger partial charge < -0.3 is 15.3 Å². The summed E-state index contributed by atoms with van der Waals surface area (Å²) in [4.78, 5) is 23.4. The van der Waals surface area contributed by atoms with Gasteiger partial charge in [0.25, 0.3) is 0 Å². The Labute approximate surface area is 112 Å². The molecule has 1 atom stereocenters. The molecule has 1 unspecified atom stereocenters. The Morgan fingerprint density at radius 2 is 2.11 bits per heavy atom. The minimum absolute atomic E-state index is 0.00682. The van der Waals surface area contributed by atoms with Crippen LogP contribution in [0, 0.1) is 5.82 Å². The molecule has 2 N–H and O–H groups in total. The van der Waals surface area contributed by atoms with Crippen LogP contribution in [0.3, 0.4) is 0 Å². The van der Waals surface area contributed by atoms with Crippen molar-refractivity contribution in [1.82, 2.24) is 4.90 Å². The van der Waals surface area contributed by atoms with Crippen LogP contribution in [-0.4, -0.2) is 35.1 Å². The molecule has 98 valence electrons. The van der Waals surface area contributed by atoms with Gasteiger partial charge in [0.1, 0.15) is 11.9 Å². The maximum absolute atomic E-state index is 13.5. The first-order valence-corrected chi connectivity index (χ1v) is 5.84. The highest BCUT2D eigenvalue weighted by Crippen LogP contribution is 2.19. The minimum atomic E-state index is -1.14. The van der Waals surface area contributed by atoms with Crippen molar-refractivity contribution < 1.29 is 19.1 Å². The summed E-state index contributed by atoms with van der Waals surface area (Å²) in [5.41, 5.74) is -0.00682. The van der Waals surface area contributed by atoms with E-state index < -0.39 is 23.9 Å². The van der Waals surface area contributed by atoms with E-state index >= 15 is 0 Å². The van der Waals surface area contributed by atoms with E-state index in [9.17, 15) is 14.0 Å². The first-order chi connectivity index (χ1) is 8.32. The van der Waals surface area contributed by atoms with E-state index in [0.717, 1.165) is 4.90 Å². The summed E-state index contributed by atoms with van der Waals surface area (Å²) in [6, 6.07) is 2.47. The van der Waals surface area contributed by atoms with Crippen molar-refractivity contribution in [3.63, 3.8) is 0 Å². The minimum Gasteiger partial charge on any atom is -0.480 e. The number of hydrogen-bond acceptors (Lipinski definition) is 2. The molecule has 0 fully saturated rings. The highest BCUT2D eigenvalue weighted by atomic mass is 79.9. The van der Waals surface area contributed by atoms with Gasteiger partial charge in [0.05, 0.1) is 5.69 Å². The number of likely N-dealkylation sites (N-methyl/N-ethyl adjacent to an activating group) is 1. The number of aliphatic carboxylic acids is 1. The van der Waals surface area contributed by atoms with Gasteiger partial charge in [-0.05, 0) is 25.1 Å². The molecule has 0 aliphatic heterocycles. The zero-order valence-electron chi connectivity index (χ0n) is 9.78. The van der Waals surface area contributed by atoms with E-state index in [1.165, 1.54) is 26.1 Å².